The molecule has 2 N–H and O–H groups in total. The highest BCUT2D eigenvalue weighted by Gasteiger charge is 2.29. The molecule has 1 aromatic heterocycles. The number of hydrogen-bond acceptors (Lipinski definition) is 4. The van der Waals surface area contributed by atoms with Crippen molar-refractivity contribution in [3.63, 3.8) is 0 Å². The second kappa shape index (κ2) is 9.93. The number of carbonyl (C=O) groups excluding carboxylic acids is 1. The summed E-state index contributed by atoms with van der Waals surface area (Å²) in [5.74, 6) is 0.0550. The Kier molecular flexibility index (Phi) is 6.79. The predicted octanol–water partition coefficient (Wildman–Crippen LogP) is 6.49. The van der Waals surface area contributed by atoms with Crippen LogP contribution >= 0.6 is 11.6 Å². The molecule has 0 unspecified atom stereocenters. The second-order valence-electron chi connectivity index (χ2n) is 7.35. The Morgan fingerprint density at radius 3 is 2.21 bits per heavy atom. The third kappa shape index (κ3) is 5.90. The van der Waals surface area contributed by atoms with E-state index >= 15 is 0 Å². The third-order valence-corrected chi connectivity index (χ3v) is 5.19. The molecule has 4 aromatic rings. The lowest BCUT2D eigenvalue weighted by atomic mass is 10.1. The highest BCUT2D eigenvalue weighted by Crippen LogP contribution is 2.29. The van der Waals surface area contributed by atoms with E-state index in [1.54, 1.807) is 48.7 Å². The zero-order valence-electron chi connectivity index (χ0n) is 17.6. The van der Waals surface area contributed by atoms with Crippen molar-refractivity contribution < 1.29 is 18.0 Å². The van der Waals surface area contributed by atoms with Crippen molar-refractivity contribution in [2.24, 2.45) is 0 Å². The number of aromatic nitrogens is 2. The van der Waals surface area contributed by atoms with Crippen LogP contribution in [-0.2, 0) is 12.7 Å². The van der Waals surface area contributed by atoms with E-state index in [4.69, 9.17) is 11.6 Å². The number of halogens is 4. The normalized spacial score (nSPS) is 11.2. The van der Waals surface area contributed by atoms with Crippen molar-refractivity contribution in [3.05, 3.63) is 107 Å². The van der Waals surface area contributed by atoms with Crippen LogP contribution in [0.4, 0.5) is 24.8 Å². The summed E-state index contributed by atoms with van der Waals surface area (Å²) < 4.78 is 37.9. The zero-order valence-corrected chi connectivity index (χ0v) is 18.4. The van der Waals surface area contributed by atoms with Gasteiger partial charge in [-0.2, -0.15) is 13.2 Å². The lowest BCUT2D eigenvalue weighted by Crippen LogP contribution is -2.22. The summed E-state index contributed by atoms with van der Waals surface area (Å²) in [4.78, 5) is 21.1. The number of carbonyl (C=O) groups is 1. The Hall–Kier alpha value is -3.91. The fraction of sp³-hybridized carbons (Fsp3) is 0.0800. The molecule has 0 fully saturated rings. The van der Waals surface area contributed by atoms with Gasteiger partial charge in [-0.05, 0) is 60.2 Å². The van der Waals surface area contributed by atoms with E-state index in [1.165, 1.54) is 12.1 Å². The van der Waals surface area contributed by atoms with Gasteiger partial charge in [0.1, 0.15) is 0 Å². The minimum absolute atomic E-state index is 0.113. The van der Waals surface area contributed by atoms with E-state index in [0.29, 0.717) is 27.8 Å². The van der Waals surface area contributed by atoms with Crippen LogP contribution in [0.15, 0.2) is 85.1 Å². The molecular formula is C25H18ClF3N4O. The fourth-order valence-electron chi connectivity index (χ4n) is 3.13. The van der Waals surface area contributed by atoms with Gasteiger partial charge in [-0.25, -0.2) is 9.97 Å². The van der Waals surface area contributed by atoms with E-state index in [-0.39, 0.29) is 12.5 Å². The smallest absolute Gasteiger partial charge is 0.348 e. The van der Waals surface area contributed by atoms with Crippen LogP contribution in [-0.4, -0.2) is 15.9 Å². The van der Waals surface area contributed by atoms with Crippen LogP contribution in [0.1, 0.15) is 21.5 Å². The lowest BCUT2D eigenvalue weighted by molar-refractivity contribution is -0.137. The van der Waals surface area contributed by atoms with Crippen molar-refractivity contribution in [1.29, 1.82) is 0 Å². The molecule has 1 heterocycles. The predicted molar refractivity (Wildman–Crippen MR) is 125 cm³/mol. The molecule has 1 amide bonds. The second-order valence-corrected chi connectivity index (χ2v) is 7.79. The summed E-state index contributed by atoms with van der Waals surface area (Å²) >= 11 is 5.93. The van der Waals surface area contributed by atoms with Crippen molar-refractivity contribution >= 4 is 29.1 Å². The third-order valence-electron chi connectivity index (χ3n) is 4.93. The number of amides is 1. The summed E-state index contributed by atoms with van der Waals surface area (Å²) in [6, 6.07) is 20.5. The van der Waals surface area contributed by atoms with Crippen molar-refractivity contribution in [2.45, 2.75) is 12.7 Å². The lowest BCUT2D eigenvalue weighted by Gasteiger charge is -2.10. The van der Waals surface area contributed by atoms with Gasteiger partial charge in [0.15, 0.2) is 0 Å². The zero-order chi connectivity index (χ0) is 24.1. The number of rotatable bonds is 6. The van der Waals surface area contributed by atoms with Gasteiger partial charge in [-0.3, -0.25) is 4.79 Å². The van der Waals surface area contributed by atoms with E-state index in [2.05, 4.69) is 20.6 Å². The average Bonchev–Trinajstić information content (AvgIpc) is 2.83. The number of hydrogen-bond donors (Lipinski definition) is 2. The van der Waals surface area contributed by atoms with Gasteiger partial charge in [0, 0.05) is 34.6 Å². The molecule has 0 saturated heterocycles. The van der Waals surface area contributed by atoms with Gasteiger partial charge in [0.25, 0.3) is 5.91 Å². The Morgan fingerprint density at radius 1 is 0.882 bits per heavy atom. The van der Waals surface area contributed by atoms with Crippen molar-refractivity contribution in [2.75, 3.05) is 5.32 Å². The Bertz CT molecular complexity index is 1280. The van der Waals surface area contributed by atoms with Crippen molar-refractivity contribution in [3.8, 4) is 11.3 Å². The molecular weight excluding hydrogens is 465 g/mol. The maximum atomic E-state index is 12.6. The number of nitrogens with zero attached hydrogens (tertiary/aromatic N) is 2. The first kappa shape index (κ1) is 23.3. The first-order chi connectivity index (χ1) is 16.3. The molecule has 5 nitrogen and oxygen atoms in total. The number of nitrogens with one attached hydrogen (secondary N) is 2. The van der Waals surface area contributed by atoms with Crippen LogP contribution in [0.3, 0.4) is 0 Å². The summed E-state index contributed by atoms with van der Waals surface area (Å²) in [7, 11) is 0. The quantitative estimate of drug-likeness (QED) is 0.329. The van der Waals surface area contributed by atoms with E-state index < -0.39 is 11.7 Å². The SMILES string of the molecule is O=C(NCc1ccc(C(F)(F)F)cc1)c1ccc(Nc2nccc(-c3ccc(Cl)cc3)n2)cc1. The van der Waals surface area contributed by atoms with Gasteiger partial charge >= 0.3 is 6.18 Å². The summed E-state index contributed by atoms with van der Waals surface area (Å²) in [5, 5.41) is 6.43. The maximum Gasteiger partial charge on any atom is 0.416 e. The molecule has 0 aliphatic heterocycles. The first-order valence-electron chi connectivity index (χ1n) is 10.2. The Labute approximate surface area is 198 Å². The topological polar surface area (TPSA) is 66.9 Å². The minimum atomic E-state index is -4.39. The molecule has 0 aliphatic carbocycles. The minimum Gasteiger partial charge on any atom is -0.348 e. The fourth-order valence-corrected chi connectivity index (χ4v) is 3.26. The molecule has 4 rings (SSSR count). The summed E-state index contributed by atoms with van der Waals surface area (Å²) in [5.41, 5.74) is 2.56. The molecule has 0 atom stereocenters. The van der Waals surface area contributed by atoms with Crippen LogP contribution in [0.2, 0.25) is 5.02 Å². The van der Waals surface area contributed by atoms with E-state index in [0.717, 1.165) is 23.4 Å². The molecule has 0 spiro atoms. The highest BCUT2D eigenvalue weighted by atomic mass is 35.5. The molecule has 0 radical (unpaired) electrons. The standard InChI is InChI=1S/C25H18ClF3N4O/c26-20-9-3-17(4-10-20)22-13-14-30-24(33-22)32-21-11-5-18(6-12-21)23(34)31-15-16-1-7-19(8-2-16)25(27,28)29/h1-14H,15H2,(H,31,34)(H,30,32,33). The van der Waals surface area contributed by atoms with Crippen molar-refractivity contribution in [1.82, 2.24) is 15.3 Å². The van der Waals surface area contributed by atoms with Crippen LogP contribution in [0.25, 0.3) is 11.3 Å². The molecule has 9 heteroatoms. The summed E-state index contributed by atoms with van der Waals surface area (Å²) in [6.45, 7) is 0.113. The van der Waals surface area contributed by atoms with Gasteiger partial charge in [0.05, 0.1) is 11.3 Å². The molecule has 0 bridgehead atoms. The van der Waals surface area contributed by atoms with E-state index in [9.17, 15) is 18.0 Å². The Balaban J connectivity index is 1.36. The molecule has 3 aromatic carbocycles. The molecule has 34 heavy (non-hydrogen) atoms. The van der Waals surface area contributed by atoms with Gasteiger partial charge in [-0.15, -0.1) is 0 Å². The van der Waals surface area contributed by atoms with Gasteiger partial charge < -0.3 is 10.6 Å². The largest absolute Gasteiger partial charge is 0.416 e. The molecule has 0 saturated carbocycles. The number of alkyl halides is 3. The van der Waals surface area contributed by atoms with Gasteiger partial charge in [-0.1, -0.05) is 35.9 Å². The summed E-state index contributed by atoms with van der Waals surface area (Å²) in [6.07, 6.45) is -2.75. The maximum absolute atomic E-state index is 12.6. The Morgan fingerprint density at radius 2 is 1.56 bits per heavy atom. The first-order valence-corrected chi connectivity index (χ1v) is 10.6. The number of benzene rings is 3. The van der Waals surface area contributed by atoms with Gasteiger partial charge in [0.2, 0.25) is 5.95 Å². The van der Waals surface area contributed by atoms with Crippen LogP contribution in [0.5, 0.6) is 0 Å². The van der Waals surface area contributed by atoms with E-state index in [1.807, 2.05) is 12.1 Å². The van der Waals surface area contributed by atoms with Crippen LogP contribution < -0.4 is 10.6 Å². The molecule has 172 valence electrons. The monoisotopic (exact) mass is 482 g/mol. The number of anilines is 2. The highest BCUT2D eigenvalue weighted by molar-refractivity contribution is 6.30. The van der Waals surface area contributed by atoms with Crippen LogP contribution in [0, 0.1) is 0 Å². The average molecular weight is 483 g/mol. The molecule has 0 aliphatic rings.